The van der Waals surface area contributed by atoms with Gasteiger partial charge in [0.05, 0.1) is 22.6 Å². The first kappa shape index (κ1) is 17.6. The number of benzene rings is 1. The van der Waals surface area contributed by atoms with Crippen molar-refractivity contribution < 1.29 is 14.4 Å². The van der Waals surface area contributed by atoms with Gasteiger partial charge in [-0.1, -0.05) is 6.07 Å². The predicted octanol–water partition coefficient (Wildman–Crippen LogP) is 3.10. The lowest BCUT2D eigenvalue weighted by Gasteiger charge is -2.08. The molecule has 0 aliphatic carbocycles. The summed E-state index contributed by atoms with van der Waals surface area (Å²) in [6, 6.07) is 11.4. The fraction of sp³-hybridized carbons (Fsp3) is 0.0526. The summed E-state index contributed by atoms with van der Waals surface area (Å²) < 4.78 is 16.0. The molecule has 0 atom stereocenters. The summed E-state index contributed by atoms with van der Waals surface area (Å²) in [5, 5.41) is 11.5. The van der Waals surface area contributed by atoms with Gasteiger partial charge in [0.1, 0.15) is 11.5 Å². The van der Waals surface area contributed by atoms with Gasteiger partial charge in [-0.05, 0) is 43.3 Å². The van der Waals surface area contributed by atoms with Crippen LogP contribution in [0.25, 0.3) is 17.0 Å². The quantitative estimate of drug-likeness (QED) is 0.372. The van der Waals surface area contributed by atoms with Crippen molar-refractivity contribution in [3.05, 3.63) is 71.9 Å². The third-order valence-corrected chi connectivity index (χ3v) is 4.17. The molecule has 140 valence electrons. The molecule has 0 spiro atoms. The van der Waals surface area contributed by atoms with Crippen LogP contribution in [0, 0.1) is 12.7 Å². The van der Waals surface area contributed by atoms with E-state index in [1.165, 1.54) is 17.6 Å². The molecule has 0 fully saturated rings. The minimum Gasteiger partial charge on any atom is -0.324 e. The van der Waals surface area contributed by atoms with Crippen LogP contribution in [0.3, 0.4) is 0 Å². The minimum atomic E-state index is -0.926. The standard InChI is InChI=1S/C19H15FN6O2/c1-11-17(26-9-3-2-4-16(26)22-11)15-7-8-21-19(24-15)23-12-5-6-13(14(20)10-12)18(27)25-28/h2-10,28H,1H3,(H,25,27)(H,21,23,24). The molecular formula is C19H15FN6O2. The van der Waals surface area contributed by atoms with Crippen molar-refractivity contribution in [1.29, 1.82) is 0 Å². The Morgan fingerprint density at radius 1 is 1.18 bits per heavy atom. The average molecular weight is 378 g/mol. The summed E-state index contributed by atoms with van der Waals surface area (Å²) in [6.07, 6.45) is 3.50. The number of fused-ring (bicyclic) bond motifs is 1. The number of hydrogen-bond acceptors (Lipinski definition) is 6. The van der Waals surface area contributed by atoms with E-state index in [4.69, 9.17) is 5.21 Å². The molecule has 1 amide bonds. The van der Waals surface area contributed by atoms with E-state index in [2.05, 4.69) is 20.3 Å². The van der Waals surface area contributed by atoms with Crippen LogP contribution in [0.2, 0.25) is 0 Å². The summed E-state index contributed by atoms with van der Waals surface area (Å²) >= 11 is 0. The van der Waals surface area contributed by atoms with Crippen molar-refractivity contribution in [1.82, 2.24) is 24.8 Å². The summed E-state index contributed by atoms with van der Waals surface area (Å²) in [4.78, 5) is 24.6. The SMILES string of the molecule is Cc1nc2ccccn2c1-c1ccnc(Nc2ccc(C(=O)NO)c(F)c2)n1. The molecule has 0 radical (unpaired) electrons. The van der Waals surface area contributed by atoms with Gasteiger partial charge in [-0.25, -0.2) is 24.8 Å². The van der Waals surface area contributed by atoms with Crippen molar-refractivity contribution in [2.24, 2.45) is 0 Å². The fourth-order valence-corrected chi connectivity index (χ4v) is 2.94. The monoisotopic (exact) mass is 378 g/mol. The Morgan fingerprint density at radius 3 is 2.82 bits per heavy atom. The Kier molecular flexibility index (Phi) is 4.42. The van der Waals surface area contributed by atoms with Crippen LogP contribution in [0.1, 0.15) is 16.1 Å². The molecule has 3 aromatic heterocycles. The van der Waals surface area contributed by atoms with Gasteiger partial charge in [0, 0.05) is 18.1 Å². The Morgan fingerprint density at radius 2 is 2.04 bits per heavy atom. The van der Waals surface area contributed by atoms with Gasteiger partial charge in [-0.15, -0.1) is 0 Å². The number of aromatic nitrogens is 4. The van der Waals surface area contributed by atoms with Gasteiger partial charge < -0.3 is 5.32 Å². The number of rotatable bonds is 4. The van der Waals surface area contributed by atoms with E-state index in [1.54, 1.807) is 12.3 Å². The molecule has 3 heterocycles. The number of halogens is 1. The zero-order chi connectivity index (χ0) is 19.7. The Bertz CT molecular complexity index is 1190. The van der Waals surface area contributed by atoms with Gasteiger partial charge in [0.2, 0.25) is 5.95 Å². The number of carbonyl (C=O) groups is 1. The molecule has 28 heavy (non-hydrogen) atoms. The predicted molar refractivity (Wildman–Crippen MR) is 99.9 cm³/mol. The summed E-state index contributed by atoms with van der Waals surface area (Å²) in [5.74, 6) is -1.45. The molecule has 0 bridgehead atoms. The molecular weight excluding hydrogens is 363 g/mol. The number of anilines is 2. The third-order valence-electron chi connectivity index (χ3n) is 4.17. The van der Waals surface area contributed by atoms with Crippen LogP contribution in [-0.4, -0.2) is 30.5 Å². The number of imidazole rings is 1. The third kappa shape index (κ3) is 3.14. The highest BCUT2D eigenvalue weighted by atomic mass is 19.1. The molecule has 0 aliphatic rings. The maximum Gasteiger partial charge on any atom is 0.277 e. The Hall–Kier alpha value is -3.85. The molecule has 0 saturated heterocycles. The first-order valence-corrected chi connectivity index (χ1v) is 8.35. The molecule has 0 aliphatic heterocycles. The Labute approximate surface area is 158 Å². The summed E-state index contributed by atoms with van der Waals surface area (Å²) in [7, 11) is 0. The van der Waals surface area contributed by atoms with E-state index < -0.39 is 11.7 Å². The van der Waals surface area contributed by atoms with Crippen molar-refractivity contribution in [2.75, 3.05) is 5.32 Å². The number of pyridine rings is 1. The van der Waals surface area contributed by atoms with Gasteiger partial charge in [-0.3, -0.25) is 14.4 Å². The van der Waals surface area contributed by atoms with E-state index in [0.29, 0.717) is 11.4 Å². The summed E-state index contributed by atoms with van der Waals surface area (Å²) in [6.45, 7) is 1.90. The van der Waals surface area contributed by atoms with Gasteiger partial charge in [0.25, 0.3) is 5.91 Å². The maximum absolute atomic E-state index is 14.1. The largest absolute Gasteiger partial charge is 0.324 e. The van der Waals surface area contributed by atoms with E-state index in [9.17, 15) is 9.18 Å². The number of aryl methyl sites for hydroxylation is 1. The number of amides is 1. The lowest BCUT2D eigenvalue weighted by Crippen LogP contribution is -2.20. The lowest BCUT2D eigenvalue weighted by molar-refractivity contribution is 0.0702. The van der Waals surface area contributed by atoms with Crippen LogP contribution in [0.4, 0.5) is 16.0 Å². The zero-order valence-corrected chi connectivity index (χ0v) is 14.7. The second kappa shape index (κ2) is 7.05. The zero-order valence-electron chi connectivity index (χ0n) is 14.7. The summed E-state index contributed by atoms with van der Waals surface area (Å²) in [5.41, 5.74) is 4.61. The highest BCUT2D eigenvalue weighted by Crippen LogP contribution is 2.24. The van der Waals surface area contributed by atoms with E-state index in [-0.39, 0.29) is 11.5 Å². The lowest BCUT2D eigenvalue weighted by atomic mass is 10.2. The van der Waals surface area contributed by atoms with E-state index >= 15 is 0 Å². The molecule has 1 aromatic carbocycles. The average Bonchev–Trinajstić information content (AvgIpc) is 3.03. The number of hydroxylamine groups is 1. The number of nitrogens with zero attached hydrogens (tertiary/aromatic N) is 4. The first-order valence-electron chi connectivity index (χ1n) is 8.35. The van der Waals surface area contributed by atoms with Crippen molar-refractivity contribution in [3.8, 4) is 11.4 Å². The minimum absolute atomic E-state index is 0.265. The van der Waals surface area contributed by atoms with Crippen LogP contribution in [-0.2, 0) is 0 Å². The fourth-order valence-electron chi connectivity index (χ4n) is 2.94. The molecule has 4 aromatic rings. The second-order valence-electron chi connectivity index (χ2n) is 6.00. The number of carbonyl (C=O) groups excluding carboxylic acids is 1. The van der Waals surface area contributed by atoms with Gasteiger partial charge in [-0.2, -0.15) is 0 Å². The molecule has 4 rings (SSSR count). The van der Waals surface area contributed by atoms with Crippen molar-refractivity contribution in [2.45, 2.75) is 6.92 Å². The van der Waals surface area contributed by atoms with Crippen molar-refractivity contribution in [3.63, 3.8) is 0 Å². The van der Waals surface area contributed by atoms with Crippen LogP contribution >= 0.6 is 0 Å². The molecule has 8 nitrogen and oxygen atoms in total. The molecule has 3 N–H and O–H groups in total. The number of nitrogens with one attached hydrogen (secondary N) is 2. The van der Waals surface area contributed by atoms with Gasteiger partial charge >= 0.3 is 0 Å². The number of hydrogen-bond donors (Lipinski definition) is 3. The highest BCUT2D eigenvalue weighted by Gasteiger charge is 2.14. The molecule has 0 unspecified atom stereocenters. The maximum atomic E-state index is 14.1. The normalized spacial score (nSPS) is 10.8. The van der Waals surface area contributed by atoms with Gasteiger partial charge in [0.15, 0.2) is 0 Å². The van der Waals surface area contributed by atoms with E-state index in [0.717, 1.165) is 23.1 Å². The molecule has 0 saturated carbocycles. The molecule has 9 heteroatoms. The van der Waals surface area contributed by atoms with Crippen LogP contribution in [0.15, 0.2) is 54.9 Å². The van der Waals surface area contributed by atoms with Crippen molar-refractivity contribution >= 4 is 23.2 Å². The highest BCUT2D eigenvalue weighted by molar-refractivity contribution is 5.94. The van der Waals surface area contributed by atoms with Crippen LogP contribution in [0.5, 0.6) is 0 Å². The second-order valence-corrected chi connectivity index (χ2v) is 6.00. The van der Waals surface area contributed by atoms with Crippen LogP contribution < -0.4 is 10.8 Å². The Balaban J connectivity index is 1.67. The first-order chi connectivity index (χ1) is 13.6. The van der Waals surface area contributed by atoms with E-state index in [1.807, 2.05) is 35.7 Å². The topological polar surface area (TPSA) is 104 Å². The smallest absolute Gasteiger partial charge is 0.277 e.